The lowest BCUT2D eigenvalue weighted by Gasteiger charge is -2.12. The van der Waals surface area contributed by atoms with Crippen molar-refractivity contribution in [1.29, 1.82) is 0 Å². The van der Waals surface area contributed by atoms with Crippen molar-refractivity contribution in [3.8, 4) is 5.75 Å². The fourth-order valence-electron chi connectivity index (χ4n) is 1.82. The maximum absolute atomic E-state index is 11.9. The van der Waals surface area contributed by atoms with Gasteiger partial charge in [-0.05, 0) is 64.9 Å². The van der Waals surface area contributed by atoms with Gasteiger partial charge in [-0.1, -0.05) is 24.3 Å². The average molecular weight is 422 g/mol. The molecule has 0 aromatic heterocycles. The van der Waals surface area contributed by atoms with Crippen LogP contribution in [-0.2, 0) is 4.79 Å². The highest BCUT2D eigenvalue weighted by atomic mass is 79.9. The molecule has 0 aliphatic carbocycles. The number of halogens is 1. The Morgan fingerprint density at radius 2 is 1.84 bits per heavy atom. The van der Waals surface area contributed by atoms with Crippen molar-refractivity contribution in [1.82, 2.24) is 16.2 Å². The monoisotopic (exact) mass is 421 g/mol. The molecule has 25 heavy (non-hydrogen) atoms. The molecular weight excluding hydrogens is 406 g/mol. The molecule has 0 saturated carbocycles. The van der Waals surface area contributed by atoms with E-state index in [1.165, 1.54) is 0 Å². The molecule has 0 atom stereocenters. The number of hydrazine groups is 1. The van der Waals surface area contributed by atoms with Crippen LogP contribution in [0.2, 0.25) is 0 Å². The molecule has 0 fully saturated rings. The highest BCUT2D eigenvalue weighted by molar-refractivity contribution is 9.10. The van der Waals surface area contributed by atoms with E-state index in [0.717, 1.165) is 10.0 Å². The van der Waals surface area contributed by atoms with Gasteiger partial charge >= 0.3 is 0 Å². The lowest BCUT2D eigenvalue weighted by Crippen LogP contribution is -2.49. The number of nitrogens with one attached hydrogen (secondary N) is 3. The van der Waals surface area contributed by atoms with Gasteiger partial charge in [0, 0.05) is 5.56 Å². The van der Waals surface area contributed by atoms with Gasteiger partial charge in [-0.15, -0.1) is 0 Å². The number of carbonyl (C=O) groups is 2. The van der Waals surface area contributed by atoms with E-state index >= 15 is 0 Å². The summed E-state index contributed by atoms with van der Waals surface area (Å²) in [6.45, 7) is 1.75. The van der Waals surface area contributed by atoms with E-state index in [-0.39, 0.29) is 17.6 Å². The number of aryl methyl sites for hydroxylation is 1. The van der Waals surface area contributed by atoms with E-state index in [0.29, 0.717) is 11.3 Å². The van der Waals surface area contributed by atoms with E-state index < -0.39 is 5.91 Å². The van der Waals surface area contributed by atoms with Crippen LogP contribution in [0.15, 0.2) is 53.0 Å². The molecule has 0 bridgehead atoms. The Morgan fingerprint density at radius 3 is 2.52 bits per heavy atom. The molecule has 130 valence electrons. The average Bonchev–Trinajstić information content (AvgIpc) is 2.60. The summed E-state index contributed by atoms with van der Waals surface area (Å²) >= 11 is 8.32. The summed E-state index contributed by atoms with van der Waals surface area (Å²) < 4.78 is 6.17. The first-order valence-electron chi connectivity index (χ1n) is 7.30. The molecular formula is C17H16BrN3O3S. The third-order valence-corrected chi connectivity index (χ3v) is 3.85. The summed E-state index contributed by atoms with van der Waals surface area (Å²) in [5, 5.41) is 2.44. The van der Waals surface area contributed by atoms with Crippen molar-refractivity contribution in [2.75, 3.05) is 6.61 Å². The smallest absolute Gasteiger partial charge is 0.276 e. The summed E-state index contributed by atoms with van der Waals surface area (Å²) in [6.07, 6.45) is 0. The van der Waals surface area contributed by atoms with Crippen LogP contribution in [0.4, 0.5) is 0 Å². The Kier molecular flexibility index (Phi) is 6.91. The van der Waals surface area contributed by atoms with E-state index in [9.17, 15) is 9.59 Å². The molecule has 0 radical (unpaired) electrons. The minimum atomic E-state index is -0.441. The number of benzene rings is 2. The SMILES string of the molecule is Cc1ccc(OCC(=O)NNC(=S)NC(=O)c2ccccc2)c(Br)c1. The van der Waals surface area contributed by atoms with Gasteiger partial charge < -0.3 is 4.74 Å². The second-order valence-corrected chi connectivity index (χ2v) is 6.31. The summed E-state index contributed by atoms with van der Waals surface area (Å²) in [5.41, 5.74) is 6.34. The van der Waals surface area contributed by atoms with Crippen LogP contribution in [0.3, 0.4) is 0 Å². The van der Waals surface area contributed by atoms with Crippen LogP contribution in [0, 0.1) is 6.92 Å². The van der Waals surface area contributed by atoms with Gasteiger partial charge in [0.25, 0.3) is 11.8 Å². The van der Waals surface area contributed by atoms with E-state index in [1.807, 2.05) is 19.1 Å². The van der Waals surface area contributed by atoms with Gasteiger partial charge in [0.05, 0.1) is 4.47 Å². The highest BCUT2D eigenvalue weighted by Gasteiger charge is 2.09. The number of ether oxygens (including phenoxy) is 1. The Morgan fingerprint density at radius 1 is 1.12 bits per heavy atom. The number of rotatable bonds is 4. The summed E-state index contributed by atoms with van der Waals surface area (Å²) in [6, 6.07) is 14.1. The minimum absolute atomic E-state index is 0.0151. The van der Waals surface area contributed by atoms with Gasteiger partial charge in [-0.2, -0.15) is 0 Å². The lowest BCUT2D eigenvalue weighted by molar-refractivity contribution is -0.123. The number of thiocarbonyl (C=S) groups is 1. The van der Waals surface area contributed by atoms with Crippen LogP contribution < -0.4 is 20.9 Å². The molecule has 0 heterocycles. The lowest BCUT2D eigenvalue weighted by atomic mass is 10.2. The molecule has 2 aromatic rings. The standard InChI is InChI=1S/C17H16BrN3O3S/c1-11-7-8-14(13(18)9-11)24-10-15(22)20-21-17(25)19-16(23)12-5-3-2-4-6-12/h2-9H,10H2,1H3,(H,20,22)(H2,19,21,23,25). The van der Waals surface area contributed by atoms with Gasteiger partial charge in [-0.25, -0.2) is 0 Å². The quantitative estimate of drug-likeness (QED) is 0.521. The summed E-state index contributed by atoms with van der Waals surface area (Å²) in [5.74, 6) is -0.253. The fourth-order valence-corrected chi connectivity index (χ4v) is 2.58. The molecule has 0 aliphatic heterocycles. The molecule has 0 saturated heterocycles. The molecule has 8 heteroatoms. The van der Waals surface area contributed by atoms with Crippen molar-refractivity contribution in [3.63, 3.8) is 0 Å². The van der Waals surface area contributed by atoms with E-state index in [1.54, 1.807) is 36.4 Å². The first-order valence-corrected chi connectivity index (χ1v) is 8.50. The predicted octanol–water partition coefficient (Wildman–Crippen LogP) is 2.47. The maximum Gasteiger partial charge on any atom is 0.276 e. The fraction of sp³-hybridized carbons (Fsp3) is 0.118. The Bertz CT molecular complexity index is 784. The summed E-state index contributed by atoms with van der Waals surface area (Å²) in [7, 11) is 0. The van der Waals surface area contributed by atoms with Gasteiger partial charge in [-0.3, -0.25) is 25.8 Å². The third-order valence-electron chi connectivity index (χ3n) is 3.02. The molecule has 0 aliphatic rings. The summed E-state index contributed by atoms with van der Waals surface area (Å²) in [4.78, 5) is 23.7. The Hall–Kier alpha value is -2.45. The maximum atomic E-state index is 11.9. The molecule has 0 unspecified atom stereocenters. The zero-order valence-corrected chi connectivity index (χ0v) is 15.7. The van der Waals surface area contributed by atoms with Crippen LogP contribution >= 0.6 is 28.1 Å². The first-order chi connectivity index (χ1) is 12.0. The van der Waals surface area contributed by atoms with E-state index in [2.05, 4.69) is 32.1 Å². The predicted molar refractivity (Wildman–Crippen MR) is 102 cm³/mol. The Balaban J connectivity index is 1.74. The largest absolute Gasteiger partial charge is 0.483 e. The Labute approximate surface area is 159 Å². The van der Waals surface area contributed by atoms with Crippen LogP contribution in [-0.4, -0.2) is 23.5 Å². The zero-order chi connectivity index (χ0) is 18.2. The second kappa shape index (κ2) is 9.14. The van der Waals surface area contributed by atoms with Crippen LogP contribution in [0.25, 0.3) is 0 Å². The first kappa shape index (κ1) is 18.9. The van der Waals surface area contributed by atoms with Crippen molar-refractivity contribution in [3.05, 3.63) is 64.1 Å². The second-order valence-electron chi connectivity index (χ2n) is 5.05. The number of hydrogen-bond acceptors (Lipinski definition) is 4. The van der Waals surface area contributed by atoms with Gasteiger partial charge in [0.2, 0.25) is 0 Å². The van der Waals surface area contributed by atoms with Crippen molar-refractivity contribution in [2.24, 2.45) is 0 Å². The zero-order valence-electron chi connectivity index (χ0n) is 13.3. The number of amides is 2. The van der Waals surface area contributed by atoms with Crippen LogP contribution in [0.1, 0.15) is 15.9 Å². The van der Waals surface area contributed by atoms with Crippen molar-refractivity contribution in [2.45, 2.75) is 6.92 Å². The minimum Gasteiger partial charge on any atom is -0.483 e. The molecule has 2 amide bonds. The van der Waals surface area contributed by atoms with Crippen molar-refractivity contribution >= 4 is 45.1 Å². The van der Waals surface area contributed by atoms with E-state index in [4.69, 9.17) is 17.0 Å². The molecule has 0 spiro atoms. The normalized spacial score (nSPS) is 9.84. The third kappa shape index (κ3) is 6.17. The van der Waals surface area contributed by atoms with Crippen LogP contribution in [0.5, 0.6) is 5.75 Å². The van der Waals surface area contributed by atoms with Crippen molar-refractivity contribution < 1.29 is 14.3 Å². The highest BCUT2D eigenvalue weighted by Crippen LogP contribution is 2.25. The van der Waals surface area contributed by atoms with Gasteiger partial charge in [0.1, 0.15) is 5.75 Å². The molecule has 2 rings (SSSR count). The van der Waals surface area contributed by atoms with Gasteiger partial charge in [0.15, 0.2) is 11.7 Å². The number of hydrogen-bond donors (Lipinski definition) is 3. The molecule has 2 aromatic carbocycles. The number of carbonyl (C=O) groups excluding carboxylic acids is 2. The molecule has 6 nitrogen and oxygen atoms in total. The topological polar surface area (TPSA) is 79.5 Å². The molecule has 3 N–H and O–H groups in total.